The molecule has 11 nitrogen and oxygen atoms in total. The van der Waals surface area contributed by atoms with Gasteiger partial charge in [-0.2, -0.15) is 0 Å². The quantitative estimate of drug-likeness (QED) is 0.115. The number of anilines is 1. The van der Waals surface area contributed by atoms with Crippen molar-refractivity contribution in [2.24, 2.45) is 0 Å². The number of nitrogens with two attached hydrogens (primary N) is 1. The predicted octanol–water partition coefficient (Wildman–Crippen LogP) is 2.58. The molecule has 8 rings (SSSR count). The first-order valence-corrected chi connectivity index (χ1v) is 12.0. The van der Waals surface area contributed by atoms with Crippen molar-refractivity contribution in [1.29, 1.82) is 0 Å². The Balaban J connectivity index is 1.77. The number of nitrogens with one attached hydrogen (secondary N) is 1. The van der Waals surface area contributed by atoms with Gasteiger partial charge in [-0.25, -0.2) is 4.79 Å². The summed E-state index contributed by atoms with van der Waals surface area (Å²) in [7, 11) is 1.19. The van der Waals surface area contributed by atoms with E-state index in [1.54, 1.807) is 17.6 Å². The molecule has 1 saturated heterocycles. The summed E-state index contributed by atoms with van der Waals surface area (Å²) in [5.41, 5.74) is 5.02. The second-order valence-electron chi connectivity index (χ2n) is 10.2. The molecular formula is C27H20N4O7. The van der Waals surface area contributed by atoms with E-state index in [1.165, 1.54) is 13.2 Å². The summed E-state index contributed by atoms with van der Waals surface area (Å²) in [5, 5.41) is 26.9. The van der Waals surface area contributed by atoms with Gasteiger partial charge < -0.3 is 34.6 Å². The third kappa shape index (κ3) is 2.00. The molecule has 0 aliphatic carbocycles. The Morgan fingerprint density at radius 2 is 1.79 bits per heavy atom. The third-order valence-electron chi connectivity index (χ3n) is 8.56. The first-order valence-electron chi connectivity index (χ1n) is 12.0. The normalized spacial score (nSPS) is 25.6. The van der Waals surface area contributed by atoms with Crippen molar-refractivity contribution < 1.29 is 34.1 Å². The number of aromatic hydroxyl groups is 1. The number of rotatable bonds is 1. The molecule has 1 fully saturated rings. The highest BCUT2D eigenvalue weighted by Crippen LogP contribution is 2.58. The Kier molecular flexibility index (Phi) is 3.54. The second kappa shape index (κ2) is 6.26. The van der Waals surface area contributed by atoms with Crippen LogP contribution in [-0.2, 0) is 20.0 Å². The van der Waals surface area contributed by atoms with Crippen LogP contribution in [0.1, 0.15) is 40.3 Å². The second-order valence-corrected chi connectivity index (χ2v) is 10.2. The molecule has 0 radical (unpaired) electrons. The standard InChI is InChI=1S/C27H20N4O7/c1-26-27(36,25(35)37-2)9-14(38-26)30-11-6-4-3-5-10(11)15-18-19(24(34)29-23(18)33)17-16-12(7-8-13(32)20(16)28)31(26)22(17)21(15)30/h3-8,14,32,36H,9,28H2,1-2H3,(H,29,33,34). The van der Waals surface area contributed by atoms with Gasteiger partial charge in [-0.3, -0.25) is 14.9 Å². The molecule has 3 atom stereocenters. The zero-order valence-corrected chi connectivity index (χ0v) is 20.2. The lowest BCUT2D eigenvalue weighted by Gasteiger charge is -2.37. The lowest BCUT2D eigenvalue weighted by atomic mass is 9.88. The van der Waals surface area contributed by atoms with Crippen LogP contribution in [0.15, 0.2) is 36.4 Å². The van der Waals surface area contributed by atoms with E-state index in [9.17, 15) is 24.6 Å². The molecule has 38 heavy (non-hydrogen) atoms. The number of esters is 1. The highest BCUT2D eigenvalue weighted by molar-refractivity contribution is 6.40. The van der Waals surface area contributed by atoms with Crippen molar-refractivity contribution >= 4 is 67.1 Å². The summed E-state index contributed by atoms with van der Waals surface area (Å²) in [6.45, 7) is 1.59. The molecule has 2 bridgehead atoms. The highest BCUT2D eigenvalue weighted by Gasteiger charge is 2.66. The maximum absolute atomic E-state index is 13.3. The minimum Gasteiger partial charge on any atom is -0.506 e. The number of nitrogen functional groups attached to an aromatic ring is 1. The Bertz CT molecular complexity index is 2020. The van der Waals surface area contributed by atoms with E-state index in [2.05, 4.69) is 5.32 Å². The van der Waals surface area contributed by atoms with E-state index in [-0.39, 0.29) is 29.0 Å². The zero-order chi connectivity index (χ0) is 26.5. The number of imide groups is 1. The fourth-order valence-corrected chi connectivity index (χ4v) is 6.96. The average molecular weight is 512 g/mol. The SMILES string of the molecule is COC(=O)C1(O)CC2OC1(C)n1c3ccc(O)c(N)c3c3c4c(c5c6ccccc6n2c5c31)C(=O)NC4=O. The summed E-state index contributed by atoms with van der Waals surface area (Å²) >= 11 is 0. The minimum atomic E-state index is -2.13. The molecule has 2 aromatic heterocycles. The van der Waals surface area contributed by atoms with Crippen LogP contribution in [0, 0.1) is 0 Å². The molecule has 190 valence electrons. The molecule has 0 saturated carbocycles. The lowest BCUT2D eigenvalue weighted by molar-refractivity contribution is -0.202. The third-order valence-corrected chi connectivity index (χ3v) is 8.56. The van der Waals surface area contributed by atoms with Crippen LogP contribution in [0.2, 0.25) is 0 Å². The summed E-state index contributed by atoms with van der Waals surface area (Å²) < 4.78 is 15.2. The monoisotopic (exact) mass is 512 g/mol. The Labute approximate surface area is 212 Å². The maximum Gasteiger partial charge on any atom is 0.343 e. The number of hydrogen-bond donors (Lipinski definition) is 4. The van der Waals surface area contributed by atoms with Gasteiger partial charge in [-0.15, -0.1) is 0 Å². The molecule has 2 amide bonds. The fourth-order valence-electron chi connectivity index (χ4n) is 6.96. The van der Waals surface area contributed by atoms with Gasteiger partial charge in [0.05, 0.1) is 46.0 Å². The zero-order valence-electron chi connectivity index (χ0n) is 20.2. The number of aromatic nitrogens is 2. The molecule has 3 aliphatic rings. The van der Waals surface area contributed by atoms with Gasteiger partial charge in [-0.1, -0.05) is 18.2 Å². The smallest absolute Gasteiger partial charge is 0.343 e. The van der Waals surface area contributed by atoms with E-state index in [0.717, 1.165) is 0 Å². The van der Waals surface area contributed by atoms with Gasteiger partial charge in [0.25, 0.3) is 11.8 Å². The number of phenols is 1. The summed E-state index contributed by atoms with van der Waals surface area (Å²) in [5.74, 6) is -2.24. The van der Waals surface area contributed by atoms with Crippen LogP contribution in [-0.4, -0.2) is 49.8 Å². The van der Waals surface area contributed by atoms with Crippen molar-refractivity contribution in [2.45, 2.75) is 30.9 Å². The number of amides is 2. The first-order chi connectivity index (χ1) is 18.1. The van der Waals surface area contributed by atoms with Crippen LogP contribution < -0.4 is 11.1 Å². The number of methoxy groups -OCH3 is 1. The minimum absolute atomic E-state index is 0.0112. The predicted molar refractivity (Wildman–Crippen MR) is 136 cm³/mol. The van der Waals surface area contributed by atoms with Crippen LogP contribution in [0.4, 0.5) is 5.69 Å². The number of fused-ring (bicyclic) bond motifs is 13. The molecule has 5 N–H and O–H groups in total. The summed E-state index contributed by atoms with van der Waals surface area (Å²) in [6, 6.07) is 10.4. The number of nitrogens with zero attached hydrogens (tertiary/aromatic N) is 2. The van der Waals surface area contributed by atoms with Crippen LogP contribution >= 0.6 is 0 Å². The van der Waals surface area contributed by atoms with Gasteiger partial charge >= 0.3 is 5.97 Å². The highest BCUT2D eigenvalue weighted by atomic mass is 16.6. The van der Waals surface area contributed by atoms with Gasteiger partial charge in [0.15, 0.2) is 5.72 Å². The van der Waals surface area contributed by atoms with Gasteiger partial charge in [0, 0.05) is 28.0 Å². The Morgan fingerprint density at radius 1 is 1.08 bits per heavy atom. The number of carbonyl (C=O) groups excluding carboxylic acids is 3. The van der Waals surface area contributed by atoms with E-state index in [4.69, 9.17) is 15.2 Å². The Hall–Kier alpha value is -4.61. The number of phenolic OH excluding ortho intramolecular Hbond substituents is 1. The number of hydrogen-bond acceptors (Lipinski definition) is 8. The largest absolute Gasteiger partial charge is 0.506 e. The van der Waals surface area contributed by atoms with E-state index < -0.39 is 35.3 Å². The van der Waals surface area contributed by atoms with Crippen molar-refractivity contribution in [3.05, 3.63) is 47.5 Å². The summed E-state index contributed by atoms with van der Waals surface area (Å²) in [4.78, 5) is 39.8. The van der Waals surface area contributed by atoms with Gasteiger partial charge in [0.2, 0.25) is 5.60 Å². The molecule has 5 heterocycles. The average Bonchev–Trinajstić information content (AvgIpc) is 3.56. The van der Waals surface area contributed by atoms with Crippen LogP contribution in [0.3, 0.4) is 0 Å². The van der Waals surface area contributed by atoms with Crippen LogP contribution in [0.5, 0.6) is 5.75 Å². The topological polar surface area (TPSA) is 158 Å². The van der Waals surface area contributed by atoms with Crippen molar-refractivity contribution in [3.63, 3.8) is 0 Å². The molecule has 5 aromatic rings. The number of ether oxygens (including phenoxy) is 2. The number of aliphatic hydroxyl groups is 1. The molecule has 3 aliphatic heterocycles. The number of para-hydroxylation sites is 1. The van der Waals surface area contributed by atoms with E-state index in [1.807, 2.05) is 28.8 Å². The van der Waals surface area contributed by atoms with E-state index >= 15 is 0 Å². The first kappa shape index (κ1) is 21.5. The molecule has 0 spiro atoms. The fraction of sp³-hybridized carbons (Fsp3) is 0.222. The molecule has 3 unspecified atom stereocenters. The van der Waals surface area contributed by atoms with Crippen molar-refractivity contribution in [2.75, 3.05) is 12.8 Å². The Morgan fingerprint density at radius 3 is 2.53 bits per heavy atom. The number of carbonyl (C=O) groups is 3. The molecule has 3 aromatic carbocycles. The van der Waals surface area contributed by atoms with Gasteiger partial charge in [-0.05, 0) is 25.1 Å². The van der Waals surface area contributed by atoms with E-state index in [0.29, 0.717) is 43.6 Å². The maximum atomic E-state index is 13.3. The molecular weight excluding hydrogens is 492 g/mol. The number of benzene rings is 3. The van der Waals surface area contributed by atoms with Crippen molar-refractivity contribution in [3.8, 4) is 5.75 Å². The molecule has 11 heteroatoms. The summed E-state index contributed by atoms with van der Waals surface area (Å²) in [6.07, 6.45) is -0.960. The van der Waals surface area contributed by atoms with Crippen LogP contribution in [0.25, 0.3) is 43.6 Å². The van der Waals surface area contributed by atoms with Crippen molar-refractivity contribution in [1.82, 2.24) is 14.5 Å². The van der Waals surface area contributed by atoms with Gasteiger partial charge in [0.1, 0.15) is 12.0 Å². The lowest BCUT2D eigenvalue weighted by Crippen LogP contribution is -2.56.